The third-order valence-electron chi connectivity index (χ3n) is 2.28. The molecule has 7 heteroatoms. The van der Waals surface area contributed by atoms with E-state index in [4.69, 9.17) is 43.9 Å². The predicted octanol–water partition coefficient (Wildman–Crippen LogP) is 5.53. The van der Waals surface area contributed by atoms with Crippen LogP contribution in [-0.2, 0) is 13.6 Å². The number of allylic oxidation sites excluding steroid dienone is 2. The molecule has 0 N–H and O–H groups in total. The normalized spacial score (nSPS) is 19.8. The molecule has 0 aromatic rings. The monoisotopic (exact) mass is 318 g/mol. The zero-order chi connectivity index (χ0) is 12.9. The summed E-state index contributed by atoms with van der Waals surface area (Å²) in [6, 6.07) is 0. The molecule has 98 valence electrons. The summed E-state index contributed by atoms with van der Waals surface area (Å²) in [6.07, 6.45) is 4.25. The summed E-state index contributed by atoms with van der Waals surface area (Å²) < 4.78 is 22.7. The van der Waals surface area contributed by atoms with Crippen molar-refractivity contribution in [2.24, 2.45) is 0 Å². The van der Waals surface area contributed by atoms with Crippen LogP contribution in [0.1, 0.15) is 32.6 Å². The Kier molecular flexibility index (Phi) is 6.39. The zero-order valence-electron chi connectivity index (χ0n) is 9.42. The van der Waals surface area contributed by atoms with Gasteiger partial charge in [0.2, 0.25) is 0 Å². The van der Waals surface area contributed by atoms with Crippen LogP contribution in [0.15, 0.2) is 21.1 Å². The SMILES string of the molecule is CCOP(=O)(OC=C(Cl)Cl)C1=C(Cl)CCCC1. The van der Waals surface area contributed by atoms with E-state index in [-0.39, 0.29) is 11.1 Å². The van der Waals surface area contributed by atoms with Crippen molar-refractivity contribution in [3.8, 4) is 0 Å². The number of hydrogen-bond donors (Lipinski definition) is 0. The maximum absolute atomic E-state index is 12.5. The molecule has 0 saturated carbocycles. The highest BCUT2D eigenvalue weighted by atomic mass is 35.5. The smallest absolute Gasteiger partial charge is 0.407 e. The van der Waals surface area contributed by atoms with Gasteiger partial charge in [-0.1, -0.05) is 34.8 Å². The predicted molar refractivity (Wildman–Crippen MR) is 71.5 cm³/mol. The highest BCUT2D eigenvalue weighted by Crippen LogP contribution is 2.61. The van der Waals surface area contributed by atoms with Crippen LogP contribution in [0.25, 0.3) is 0 Å². The lowest BCUT2D eigenvalue weighted by molar-refractivity contribution is 0.266. The maximum atomic E-state index is 12.5. The van der Waals surface area contributed by atoms with Crippen LogP contribution in [-0.4, -0.2) is 6.61 Å². The van der Waals surface area contributed by atoms with Crippen molar-refractivity contribution in [1.82, 2.24) is 0 Å². The van der Waals surface area contributed by atoms with E-state index in [1.54, 1.807) is 6.92 Å². The van der Waals surface area contributed by atoms with E-state index in [1.807, 2.05) is 0 Å². The lowest BCUT2D eigenvalue weighted by atomic mass is 10.1. The van der Waals surface area contributed by atoms with Crippen LogP contribution in [0.3, 0.4) is 0 Å². The van der Waals surface area contributed by atoms with Crippen molar-refractivity contribution in [1.29, 1.82) is 0 Å². The van der Waals surface area contributed by atoms with Gasteiger partial charge >= 0.3 is 7.60 Å². The first-order valence-corrected chi connectivity index (χ1v) is 7.99. The van der Waals surface area contributed by atoms with Crippen LogP contribution in [0.4, 0.5) is 0 Å². The zero-order valence-corrected chi connectivity index (χ0v) is 12.6. The highest BCUT2D eigenvalue weighted by molar-refractivity contribution is 7.58. The summed E-state index contributed by atoms with van der Waals surface area (Å²) >= 11 is 16.9. The molecule has 0 fully saturated rings. The molecule has 0 amide bonds. The summed E-state index contributed by atoms with van der Waals surface area (Å²) in [5, 5.41) is 1.10. The van der Waals surface area contributed by atoms with Gasteiger partial charge in [0.15, 0.2) is 0 Å². The Morgan fingerprint density at radius 3 is 2.59 bits per heavy atom. The lowest BCUT2D eigenvalue weighted by Crippen LogP contribution is -2.02. The van der Waals surface area contributed by atoms with Crippen molar-refractivity contribution in [3.05, 3.63) is 21.1 Å². The molecule has 1 atom stereocenters. The second kappa shape index (κ2) is 7.06. The van der Waals surface area contributed by atoms with Crippen molar-refractivity contribution >= 4 is 42.4 Å². The van der Waals surface area contributed by atoms with Gasteiger partial charge in [0.1, 0.15) is 10.8 Å². The van der Waals surface area contributed by atoms with E-state index in [0.29, 0.717) is 23.2 Å². The second-order valence-corrected chi connectivity index (χ2v) is 6.95. The van der Waals surface area contributed by atoms with E-state index in [9.17, 15) is 4.57 Å². The summed E-state index contributed by atoms with van der Waals surface area (Å²) in [6.45, 7) is 2.00. The first-order valence-electron chi connectivity index (χ1n) is 5.32. The molecule has 0 aromatic heterocycles. The first kappa shape index (κ1) is 15.4. The van der Waals surface area contributed by atoms with E-state index in [1.165, 1.54) is 0 Å². The van der Waals surface area contributed by atoms with Gasteiger partial charge in [-0.2, -0.15) is 0 Å². The summed E-state index contributed by atoms with van der Waals surface area (Å²) in [5.41, 5.74) is 0. The molecule has 1 rings (SSSR count). The summed E-state index contributed by atoms with van der Waals surface area (Å²) in [4.78, 5) is 0. The van der Waals surface area contributed by atoms with Crippen LogP contribution < -0.4 is 0 Å². The first-order chi connectivity index (χ1) is 7.99. The minimum Gasteiger partial charge on any atom is -0.427 e. The molecule has 1 aliphatic carbocycles. The van der Waals surface area contributed by atoms with Gasteiger partial charge < -0.3 is 4.52 Å². The molecule has 0 saturated heterocycles. The molecule has 0 spiro atoms. The Labute approximate surface area is 116 Å². The number of halogens is 3. The highest BCUT2D eigenvalue weighted by Gasteiger charge is 2.34. The Morgan fingerprint density at radius 2 is 2.06 bits per heavy atom. The fourth-order valence-electron chi connectivity index (χ4n) is 1.59. The Balaban J connectivity index is 2.98. The largest absolute Gasteiger partial charge is 0.427 e. The summed E-state index contributed by atoms with van der Waals surface area (Å²) in [7, 11) is -3.40. The molecule has 0 radical (unpaired) electrons. The van der Waals surface area contributed by atoms with Gasteiger partial charge in [-0.15, -0.1) is 0 Å². The Hall–Kier alpha value is 0.340. The Morgan fingerprint density at radius 1 is 1.41 bits per heavy atom. The quantitative estimate of drug-likeness (QED) is 0.493. The molecule has 0 aliphatic heterocycles. The van der Waals surface area contributed by atoms with E-state index in [0.717, 1.165) is 19.1 Å². The topological polar surface area (TPSA) is 35.5 Å². The lowest BCUT2D eigenvalue weighted by Gasteiger charge is -2.23. The molecular weight excluding hydrogens is 305 g/mol. The third-order valence-corrected chi connectivity index (χ3v) is 5.15. The minimum absolute atomic E-state index is 0.113. The molecule has 1 unspecified atom stereocenters. The van der Waals surface area contributed by atoms with Gasteiger partial charge in [-0.05, 0) is 32.6 Å². The van der Waals surface area contributed by atoms with Crippen molar-refractivity contribution in [3.63, 3.8) is 0 Å². The molecular formula is C10H14Cl3O3P. The average Bonchev–Trinajstić information content (AvgIpc) is 2.27. The maximum Gasteiger partial charge on any atom is 0.407 e. The van der Waals surface area contributed by atoms with E-state index < -0.39 is 7.60 Å². The number of hydrogen-bond acceptors (Lipinski definition) is 3. The van der Waals surface area contributed by atoms with Gasteiger partial charge in [0, 0.05) is 5.03 Å². The molecule has 3 nitrogen and oxygen atoms in total. The molecule has 17 heavy (non-hydrogen) atoms. The van der Waals surface area contributed by atoms with Gasteiger partial charge in [-0.25, -0.2) is 4.57 Å². The standard InChI is InChI=1S/C10H14Cl3O3P/c1-2-15-17(14,16-7-10(12)13)9-6-4-3-5-8(9)11/h7H,2-6H2,1H3. The van der Waals surface area contributed by atoms with Crippen LogP contribution >= 0.6 is 42.4 Å². The van der Waals surface area contributed by atoms with Crippen LogP contribution in [0.2, 0.25) is 0 Å². The molecule has 1 aliphatic rings. The van der Waals surface area contributed by atoms with Crippen LogP contribution in [0.5, 0.6) is 0 Å². The molecule has 0 bridgehead atoms. The fraction of sp³-hybridized carbons (Fsp3) is 0.600. The molecule has 0 heterocycles. The molecule has 0 aromatic carbocycles. The third kappa shape index (κ3) is 4.50. The van der Waals surface area contributed by atoms with Crippen molar-refractivity contribution in [2.75, 3.05) is 6.61 Å². The number of rotatable bonds is 5. The average molecular weight is 320 g/mol. The van der Waals surface area contributed by atoms with Gasteiger partial charge in [0.05, 0.1) is 11.9 Å². The van der Waals surface area contributed by atoms with Crippen molar-refractivity contribution < 1.29 is 13.6 Å². The van der Waals surface area contributed by atoms with Gasteiger partial charge in [-0.3, -0.25) is 4.52 Å². The Bertz CT molecular complexity index is 375. The summed E-state index contributed by atoms with van der Waals surface area (Å²) in [5.74, 6) is 0. The van der Waals surface area contributed by atoms with E-state index >= 15 is 0 Å². The second-order valence-electron chi connectivity index (χ2n) is 3.49. The fourth-order valence-corrected chi connectivity index (χ4v) is 4.11. The minimum atomic E-state index is -3.40. The van der Waals surface area contributed by atoms with E-state index in [2.05, 4.69) is 0 Å². The van der Waals surface area contributed by atoms with Gasteiger partial charge in [0.25, 0.3) is 0 Å². The van der Waals surface area contributed by atoms with Crippen LogP contribution in [0, 0.1) is 0 Å². The van der Waals surface area contributed by atoms with Crippen molar-refractivity contribution in [2.45, 2.75) is 32.6 Å².